The van der Waals surface area contributed by atoms with E-state index >= 15 is 0 Å². The third kappa shape index (κ3) is 10.3. The van der Waals surface area contributed by atoms with Gasteiger partial charge >= 0.3 is 5.97 Å². The largest absolute Gasteiger partial charge is 0.480 e. The number of amides is 4. The van der Waals surface area contributed by atoms with Gasteiger partial charge in [0.05, 0.1) is 12.6 Å². The lowest BCUT2D eigenvalue weighted by atomic mass is 9.99. The average Bonchev–Trinajstić information content (AvgIpc) is 2.94. The van der Waals surface area contributed by atoms with E-state index in [-0.39, 0.29) is 11.6 Å². The predicted octanol–water partition coefficient (Wildman–Crippen LogP) is 0.950. The normalized spacial score (nSPS) is 14.2. The Kier molecular flexibility index (Phi) is 12.5. The zero-order valence-electron chi connectivity index (χ0n) is 22.8. The minimum Gasteiger partial charge on any atom is -0.480 e. The minimum absolute atomic E-state index is 0.188. The Morgan fingerprint density at radius 3 is 2.08 bits per heavy atom. The number of nitrogens with one attached hydrogen (secondary N) is 4. The van der Waals surface area contributed by atoms with Crippen molar-refractivity contribution in [2.75, 3.05) is 6.54 Å². The van der Waals surface area contributed by atoms with Gasteiger partial charge in [-0.2, -0.15) is 0 Å². The fourth-order valence-corrected chi connectivity index (χ4v) is 3.63. The summed E-state index contributed by atoms with van der Waals surface area (Å²) in [5, 5.41) is 19.4. The summed E-state index contributed by atoms with van der Waals surface area (Å²) in [6.07, 6.45) is 2.22. The van der Waals surface area contributed by atoms with E-state index < -0.39 is 54.3 Å². The molecule has 11 nitrogen and oxygen atoms in total. The van der Waals surface area contributed by atoms with Crippen LogP contribution in [0.25, 0.3) is 6.08 Å². The van der Waals surface area contributed by atoms with Gasteiger partial charge in [-0.25, -0.2) is 4.79 Å². The van der Waals surface area contributed by atoms with Crippen LogP contribution in [-0.4, -0.2) is 59.4 Å². The van der Waals surface area contributed by atoms with Crippen molar-refractivity contribution in [1.82, 2.24) is 21.3 Å². The topological polar surface area (TPSA) is 180 Å². The van der Waals surface area contributed by atoms with Crippen molar-refractivity contribution in [3.05, 3.63) is 77.5 Å². The number of hydrogen-bond acceptors (Lipinski definition) is 6. The van der Waals surface area contributed by atoms with Crippen LogP contribution < -0.4 is 27.0 Å². The number of aliphatic carboxylic acids is 1. The Balaban J connectivity index is 2.01. The Morgan fingerprint density at radius 2 is 1.50 bits per heavy atom. The minimum atomic E-state index is -1.20. The summed E-state index contributed by atoms with van der Waals surface area (Å²) in [4.78, 5) is 62.3. The van der Waals surface area contributed by atoms with Gasteiger partial charge in [-0.05, 0) is 36.5 Å². The molecule has 0 aromatic heterocycles. The van der Waals surface area contributed by atoms with E-state index in [4.69, 9.17) is 5.73 Å². The molecule has 0 aliphatic carbocycles. The summed E-state index contributed by atoms with van der Waals surface area (Å²) in [5.74, 6) is -4.21. The van der Waals surface area contributed by atoms with Crippen molar-refractivity contribution < 1.29 is 29.1 Å². The molecule has 0 radical (unpaired) electrons. The lowest BCUT2D eigenvalue weighted by molar-refractivity contribution is -0.142. The van der Waals surface area contributed by atoms with Gasteiger partial charge in [-0.3, -0.25) is 19.2 Å². The van der Waals surface area contributed by atoms with Crippen LogP contribution in [-0.2, 0) is 30.4 Å². The second-order valence-corrected chi connectivity index (χ2v) is 9.44. The molecule has 2 aromatic rings. The average molecular weight is 552 g/mol. The van der Waals surface area contributed by atoms with Crippen LogP contribution in [0.1, 0.15) is 38.3 Å². The fourth-order valence-electron chi connectivity index (χ4n) is 3.63. The van der Waals surface area contributed by atoms with Crippen molar-refractivity contribution in [3.63, 3.8) is 0 Å². The maximum absolute atomic E-state index is 13.0. The van der Waals surface area contributed by atoms with Crippen molar-refractivity contribution in [2.24, 2.45) is 11.7 Å². The predicted molar refractivity (Wildman–Crippen MR) is 150 cm³/mol. The number of rotatable bonds is 14. The molecule has 0 aliphatic rings. The molecule has 0 saturated heterocycles. The van der Waals surface area contributed by atoms with Crippen molar-refractivity contribution in [1.29, 1.82) is 0 Å². The molecule has 4 amide bonds. The second kappa shape index (κ2) is 15.8. The molecule has 0 fully saturated rings. The molecule has 4 atom stereocenters. The van der Waals surface area contributed by atoms with E-state index in [2.05, 4.69) is 21.3 Å². The van der Waals surface area contributed by atoms with Gasteiger partial charge < -0.3 is 32.1 Å². The molecule has 7 N–H and O–H groups in total. The molecule has 0 saturated carbocycles. The smallest absolute Gasteiger partial charge is 0.326 e. The highest BCUT2D eigenvalue weighted by Crippen LogP contribution is 2.11. The zero-order chi connectivity index (χ0) is 29.7. The quantitative estimate of drug-likeness (QED) is 0.189. The molecule has 0 unspecified atom stereocenters. The summed E-state index contributed by atoms with van der Waals surface area (Å²) >= 11 is 0. The van der Waals surface area contributed by atoms with Gasteiger partial charge in [-0.15, -0.1) is 0 Å². The van der Waals surface area contributed by atoms with Crippen molar-refractivity contribution in [2.45, 2.75) is 51.7 Å². The van der Waals surface area contributed by atoms with Crippen LogP contribution in [0.2, 0.25) is 0 Å². The lowest BCUT2D eigenvalue weighted by Crippen LogP contribution is -2.51. The van der Waals surface area contributed by atoms with E-state index in [0.717, 1.165) is 5.56 Å². The number of carboxylic acid groups (broad SMARTS) is 1. The standard InChI is InChI=1S/C29H37N5O6/c1-4-18(2)25(29(39)40)34-28(38)23(16-21-13-9-6-10-14-21)33-26(36)19(3)32-24(35)17-31-27(37)22(30)15-20-11-7-5-8-12-20/h5-14,16,18-19,22,25H,4,15,17,30H2,1-3H3,(H,31,37)(H,32,35)(H,33,36)(H,34,38)(H,39,40)/b23-16+/t18-,19-,22-,25-/m0/s1. The zero-order valence-corrected chi connectivity index (χ0v) is 22.8. The summed E-state index contributed by atoms with van der Waals surface area (Å²) in [7, 11) is 0. The molecular weight excluding hydrogens is 514 g/mol. The summed E-state index contributed by atoms with van der Waals surface area (Å²) < 4.78 is 0. The van der Waals surface area contributed by atoms with Gasteiger partial charge in [0.1, 0.15) is 17.8 Å². The number of nitrogens with two attached hydrogens (primary N) is 1. The fraction of sp³-hybridized carbons (Fsp3) is 0.345. The molecule has 214 valence electrons. The van der Waals surface area contributed by atoms with Crippen LogP contribution in [0, 0.1) is 5.92 Å². The second-order valence-electron chi connectivity index (χ2n) is 9.44. The summed E-state index contributed by atoms with van der Waals surface area (Å²) in [6.45, 7) is 4.51. The van der Waals surface area contributed by atoms with Gasteiger partial charge in [0.2, 0.25) is 17.7 Å². The first kappa shape index (κ1) is 31.7. The molecule has 0 bridgehead atoms. The number of hydrogen-bond donors (Lipinski definition) is 6. The van der Waals surface area contributed by atoms with E-state index in [1.54, 1.807) is 44.2 Å². The van der Waals surface area contributed by atoms with Crippen LogP contribution in [0.4, 0.5) is 0 Å². The number of carboxylic acids is 1. The van der Waals surface area contributed by atoms with E-state index in [1.165, 1.54) is 13.0 Å². The first-order chi connectivity index (χ1) is 19.0. The molecular formula is C29H37N5O6. The third-order valence-corrected chi connectivity index (χ3v) is 6.21. The number of carbonyl (C=O) groups excluding carboxylic acids is 4. The monoisotopic (exact) mass is 551 g/mol. The molecule has 2 rings (SSSR count). The third-order valence-electron chi connectivity index (χ3n) is 6.21. The van der Waals surface area contributed by atoms with E-state index in [1.807, 2.05) is 30.3 Å². The maximum Gasteiger partial charge on any atom is 0.326 e. The molecule has 40 heavy (non-hydrogen) atoms. The molecule has 0 heterocycles. The van der Waals surface area contributed by atoms with Crippen LogP contribution in [0.15, 0.2) is 66.4 Å². The molecule has 2 aromatic carbocycles. The van der Waals surface area contributed by atoms with Crippen LogP contribution >= 0.6 is 0 Å². The summed E-state index contributed by atoms with van der Waals surface area (Å²) in [5.41, 5.74) is 7.20. The Morgan fingerprint density at radius 1 is 0.900 bits per heavy atom. The summed E-state index contributed by atoms with van der Waals surface area (Å²) in [6, 6.07) is 14.8. The van der Waals surface area contributed by atoms with Gasteiger partial charge in [-0.1, -0.05) is 80.9 Å². The first-order valence-corrected chi connectivity index (χ1v) is 13.0. The Bertz CT molecular complexity index is 1200. The van der Waals surface area contributed by atoms with Crippen molar-refractivity contribution >= 4 is 35.7 Å². The highest BCUT2D eigenvalue weighted by molar-refractivity contribution is 6.03. The van der Waals surface area contributed by atoms with E-state index in [9.17, 15) is 29.1 Å². The highest BCUT2D eigenvalue weighted by atomic mass is 16.4. The SMILES string of the molecule is CC[C@H](C)[C@H](NC(=O)/C(=C\c1ccccc1)NC(=O)[C@H](C)NC(=O)CNC(=O)[C@@H](N)Cc1ccccc1)C(=O)O. The van der Waals surface area contributed by atoms with Crippen LogP contribution in [0.5, 0.6) is 0 Å². The van der Waals surface area contributed by atoms with Crippen LogP contribution in [0.3, 0.4) is 0 Å². The van der Waals surface area contributed by atoms with E-state index in [0.29, 0.717) is 18.4 Å². The molecule has 0 spiro atoms. The van der Waals surface area contributed by atoms with Gasteiger partial charge in [0, 0.05) is 0 Å². The number of benzene rings is 2. The van der Waals surface area contributed by atoms with Gasteiger partial charge in [0.15, 0.2) is 0 Å². The lowest BCUT2D eigenvalue weighted by Gasteiger charge is -2.22. The highest BCUT2D eigenvalue weighted by Gasteiger charge is 2.28. The molecule has 11 heteroatoms. The van der Waals surface area contributed by atoms with Crippen molar-refractivity contribution in [3.8, 4) is 0 Å². The first-order valence-electron chi connectivity index (χ1n) is 13.0. The maximum atomic E-state index is 13.0. The molecule has 0 aliphatic heterocycles. The Labute approximate surface area is 233 Å². The van der Waals surface area contributed by atoms with Gasteiger partial charge in [0.25, 0.3) is 5.91 Å². The number of carbonyl (C=O) groups is 5. The Hall–Kier alpha value is -4.51.